The van der Waals surface area contributed by atoms with Crippen LogP contribution in [0.3, 0.4) is 0 Å². The highest BCUT2D eigenvalue weighted by Crippen LogP contribution is 2.66. The maximum atomic E-state index is 12.9. The van der Waals surface area contributed by atoms with Crippen molar-refractivity contribution in [3.63, 3.8) is 0 Å². The zero-order valence-corrected chi connectivity index (χ0v) is 22.5. The molecule has 0 aliphatic heterocycles. The summed E-state index contributed by atoms with van der Waals surface area (Å²) in [6.07, 6.45) is -1.01. The quantitative estimate of drug-likeness (QED) is 0.238. The van der Waals surface area contributed by atoms with Crippen molar-refractivity contribution in [1.82, 2.24) is 0 Å². The van der Waals surface area contributed by atoms with Crippen LogP contribution in [0.25, 0.3) is 0 Å². The lowest BCUT2D eigenvalue weighted by molar-refractivity contribution is -0.149. The van der Waals surface area contributed by atoms with Gasteiger partial charge < -0.3 is 9.47 Å². The Morgan fingerprint density at radius 2 is 1.73 bits per heavy atom. The molecule has 2 aromatic rings. The summed E-state index contributed by atoms with van der Waals surface area (Å²) in [7, 11) is 0. The molecule has 0 radical (unpaired) electrons. The van der Waals surface area contributed by atoms with Gasteiger partial charge in [-0.3, -0.25) is 4.79 Å². The SMILES string of the molecule is CC1(C)[C@@H]([C@H](Br)C(Br)(Br)Br)[C@H]1C(=O)OC(C#N)c1cccc(Oc2ccccc2)c1. The summed E-state index contributed by atoms with van der Waals surface area (Å²) in [5.41, 5.74) is 0.310. The van der Waals surface area contributed by atoms with Crippen molar-refractivity contribution < 1.29 is 14.3 Å². The molecule has 8 heteroatoms. The maximum Gasteiger partial charge on any atom is 0.311 e. The van der Waals surface area contributed by atoms with Gasteiger partial charge in [0.25, 0.3) is 0 Å². The Hall–Kier alpha value is -0.880. The highest BCUT2D eigenvalue weighted by molar-refractivity contribution is 9.40. The van der Waals surface area contributed by atoms with Crippen molar-refractivity contribution in [3.8, 4) is 17.6 Å². The van der Waals surface area contributed by atoms with E-state index >= 15 is 0 Å². The summed E-state index contributed by atoms with van der Waals surface area (Å²) < 4.78 is 10.9. The number of hydrogen-bond acceptors (Lipinski definition) is 4. The van der Waals surface area contributed by atoms with Crippen molar-refractivity contribution in [2.24, 2.45) is 17.3 Å². The van der Waals surface area contributed by atoms with Crippen LogP contribution in [-0.2, 0) is 9.53 Å². The molecule has 1 saturated carbocycles. The Morgan fingerprint density at radius 3 is 2.33 bits per heavy atom. The van der Waals surface area contributed by atoms with Crippen LogP contribution in [0, 0.1) is 28.6 Å². The highest BCUT2D eigenvalue weighted by atomic mass is 80.0. The van der Waals surface area contributed by atoms with Crippen LogP contribution < -0.4 is 4.74 Å². The summed E-state index contributed by atoms with van der Waals surface area (Å²) in [6.45, 7) is 4.04. The fourth-order valence-electron chi connectivity index (χ4n) is 3.60. The Bertz CT molecular complexity index is 953. The number of nitriles is 1. The Morgan fingerprint density at radius 1 is 1.10 bits per heavy atom. The van der Waals surface area contributed by atoms with Gasteiger partial charge in [-0.05, 0) is 35.6 Å². The molecule has 1 aliphatic carbocycles. The summed E-state index contributed by atoms with van der Waals surface area (Å²) in [4.78, 5) is 12.8. The predicted octanol–water partition coefficient (Wildman–Crippen LogP) is 7.46. The van der Waals surface area contributed by atoms with E-state index in [-0.39, 0.29) is 28.0 Å². The number of para-hydroxylation sites is 1. The Labute approximate surface area is 209 Å². The Kier molecular flexibility index (Phi) is 7.38. The van der Waals surface area contributed by atoms with Gasteiger partial charge >= 0.3 is 5.97 Å². The van der Waals surface area contributed by atoms with Crippen LogP contribution >= 0.6 is 63.7 Å². The molecule has 0 N–H and O–H groups in total. The zero-order chi connectivity index (χ0) is 22.1. The van der Waals surface area contributed by atoms with E-state index in [2.05, 4.69) is 69.8 Å². The Balaban J connectivity index is 1.72. The molecule has 4 atom stereocenters. The molecule has 0 amide bonds. The third kappa shape index (κ3) is 5.29. The van der Waals surface area contributed by atoms with E-state index in [1.807, 2.05) is 44.2 Å². The third-order valence-corrected chi connectivity index (χ3v) is 9.86. The predicted molar refractivity (Wildman–Crippen MR) is 130 cm³/mol. The number of alkyl halides is 4. The van der Waals surface area contributed by atoms with Gasteiger partial charge in [0.15, 0.2) is 0 Å². The number of esters is 1. The second-order valence-electron chi connectivity index (χ2n) is 7.70. The number of benzene rings is 2. The average molecular weight is 665 g/mol. The minimum Gasteiger partial charge on any atom is -0.457 e. The molecule has 30 heavy (non-hydrogen) atoms. The average Bonchev–Trinajstić information content (AvgIpc) is 3.27. The monoisotopic (exact) mass is 661 g/mol. The van der Waals surface area contributed by atoms with Crippen LogP contribution in [-0.4, -0.2) is 12.9 Å². The molecule has 158 valence electrons. The van der Waals surface area contributed by atoms with E-state index in [0.717, 1.165) is 0 Å². The smallest absolute Gasteiger partial charge is 0.311 e. The number of halogens is 4. The molecule has 0 heterocycles. The minimum atomic E-state index is -1.01. The molecule has 1 unspecified atom stereocenters. The molecule has 4 nitrogen and oxygen atoms in total. The number of hydrogen-bond donors (Lipinski definition) is 0. The van der Waals surface area contributed by atoms with Crippen molar-refractivity contribution in [2.75, 3.05) is 0 Å². The largest absolute Gasteiger partial charge is 0.457 e. The molecular formula is C22H19Br4NO3. The number of carbonyl (C=O) groups excluding carboxylic acids is 1. The lowest BCUT2D eigenvalue weighted by Gasteiger charge is -2.21. The van der Waals surface area contributed by atoms with Gasteiger partial charge in [0, 0.05) is 5.56 Å². The van der Waals surface area contributed by atoms with Crippen LogP contribution in [0.15, 0.2) is 54.6 Å². The van der Waals surface area contributed by atoms with Crippen molar-refractivity contribution in [3.05, 3.63) is 60.2 Å². The van der Waals surface area contributed by atoms with Gasteiger partial charge in [-0.15, -0.1) is 0 Å². The van der Waals surface area contributed by atoms with Crippen LogP contribution in [0.5, 0.6) is 11.5 Å². The molecular weight excluding hydrogens is 646 g/mol. The maximum absolute atomic E-state index is 12.9. The topological polar surface area (TPSA) is 59.3 Å². The molecule has 0 saturated heterocycles. The van der Waals surface area contributed by atoms with Crippen molar-refractivity contribution in [1.29, 1.82) is 5.26 Å². The van der Waals surface area contributed by atoms with Gasteiger partial charge in [0.05, 0.1) is 10.7 Å². The van der Waals surface area contributed by atoms with E-state index in [1.165, 1.54) is 0 Å². The summed E-state index contributed by atoms with van der Waals surface area (Å²) in [5, 5.41) is 9.65. The number of rotatable bonds is 6. The number of ether oxygens (including phenoxy) is 2. The van der Waals surface area contributed by atoms with E-state index < -0.39 is 8.25 Å². The summed E-state index contributed by atoms with van der Waals surface area (Å²) in [5.74, 6) is 0.576. The first-order chi connectivity index (χ1) is 14.1. The molecule has 0 bridgehead atoms. The summed E-state index contributed by atoms with van der Waals surface area (Å²) in [6, 6.07) is 18.5. The minimum absolute atomic E-state index is 0.0233. The second kappa shape index (κ2) is 9.32. The van der Waals surface area contributed by atoms with E-state index in [1.54, 1.807) is 24.3 Å². The first-order valence-electron chi connectivity index (χ1n) is 9.19. The highest BCUT2D eigenvalue weighted by Gasteiger charge is 2.67. The molecule has 3 rings (SSSR count). The molecule has 1 fully saturated rings. The van der Waals surface area contributed by atoms with Crippen LogP contribution in [0.4, 0.5) is 0 Å². The first-order valence-corrected chi connectivity index (χ1v) is 12.5. The van der Waals surface area contributed by atoms with Gasteiger partial charge in [-0.2, -0.15) is 5.26 Å². The number of nitrogens with zero attached hydrogens (tertiary/aromatic N) is 1. The van der Waals surface area contributed by atoms with Gasteiger partial charge in [0.1, 0.15) is 19.7 Å². The first kappa shape index (κ1) is 23.8. The molecule has 1 aliphatic rings. The molecule has 2 aromatic carbocycles. The lowest BCUT2D eigenvalue weighted by atomic mass is 10.1. The van der Waals surface area contributed by atoms with Crippen LogP contribution in [0.1, 0.15) is 25.5 Å². The zero-order valence-electron chi connectivity index (χ0n) is 16.2. The van der Waals surface area contributed by atoms with Crippen molar-refractivity contribution >= 4 is 69.7 Å². The fourth-order valence-corrected chi connectivity index (χ4v) is 5.44. The molecule has 0 spiro atoms. The van der Waals surface area contributed by atoms with Crippen LogP contribution in [0.2, 0.25) is 0 Å². The normalized spacial score (nSPS) is 21.8. The van der Waals surface area contributed by atoms with E-state index in [9.17, 15) is 10.1 Å². The number of carbonyl (C=O) groups is 1. The van der Waals surface area contributed by atoms with E-state index in [4.69, 9.17) is 9.47 Å². The third-order valence-electron chi connectivity index (χ3n) is 5.28. The second-order valence-corrected chi connectivity index (χ2v) is 15.6. The fraction of sp³-hybridized carbons (Fsp3) is 0.364. The lowest BCUT2D eigenvalue weighted by Crippen LogP contribution is -2.23. The molecule has 0 aromatic heterocycles. The summed E-state index contributed by atoms with van der Waals surface area (Å²) >= 11 is 14.2. The van der Waals surface area contributed by atoms with Gasteiger partial charge in [0.2, 0.25) is 6.10 Å². The van der Waals surface area contributed by atoms with Gasteiger partial charge in [-0.25, -0.2) is 0 Å². The van der Waals surface area contributed by atoms with E-state index in [0.29, 0.717) is 17.1 Å². The van der Waals surface area contributed by atoms with Crippen molar-refractivity contribution in [2.45, 2.75) is 26.9 Å². The van der Waals surface area contributed by atoms with Gasteiger partial charge in [-0.1, -0.05) is 108 Å². The standard InChI is InChI=1S/C22H19Br4NO3/c1-21(2)17(19(23)22(24,25)26)18(21)20(28)30-16(12-27)13-7-6-10-15(11-13)29-14-8-4-3-5-9-14/h3-11,16-19H,1-2H3/t16?,17-,18+,19+/m1/s1.